The Hall–Kier alpha value is 0. The molecule has 0 aromatic heterocycles. The molecule has 4 heteroatoms. The number of carbonyl (C=O) groups excluding carboxylic acids is 1. The van der Waals surface area contributed by atoms with Gasteiger partial charge in [0.1, 0.15) is 0 Å². The highest BCUT2D eigenvalue weighted by atomic mass is 127. The summed E-state index contributed by atoms with van der Waals surface area (Å²) >= 11 is 1.83. The lowest BCUT2D eigenvalue weighted by molar-refractivity contribution is 0.211. The Labute approximate surface area is 69.3 Å². The molecule has 54 valence electrons. The summed E-state index contributed by atoms with van der Waals surface area (Å²) in [5.74, 6) is 0. The Balaban J connectivity index is 3.64. The number of hydrogen-bond acceptors (Lipinski definition) is 1. The number of hydrogen-bond donors (Lipinski definition) is 1. The van der Waals surface area contributed by atoms with E-state index in [-0.39, 0.29) is 6.03 Å². The van der Waals surface area contributed by atoms with Crippen molar-refractivity contribution >= 4 is 28.9 Å². The van der Waals surface area contributed by atoms with Crippen molar-refractivity contribution in [3.8, 4) is 0 Å². The predicted octanol–water partition coefficient (Wildman–Crippen LogP) is 1.39. The van der Waals surface area contributed by atoms with Crippen LogP contribution in [0.25, 0.3) is 0 Å². The lowest BCUT2D eigenvalue weighted by atomic mass is 10.5. The first kappa shape index (κ1) is 9.00. The first-order chi connectivity index (χ1) is 4.26. The zero-order valence-corrected chi connectivity index (χ0v) is 7.81. The van der Waals surface area contributed by atoms with E-state index in [0.29, 0.717) is 0 Å². The van der Waals surface area contributed by atoms with Crippen molar-refractivity contribution in [1.29, 1.82) is 0 Å². The molecule has 1 N–H and O–H groups in total. The summed E-state index contributed by atoms with van der Waals surface area (Å²) in [6, 6.07) is -0.0133. The molecule has 3 nitrogen and oxygen atoms in total. The number of nitrogens with zero attached hydrogens (tertiary/aromatic N) is 1. The number of halogens is 1. The first-order valence-electron chi connectivity index (χ1n) is 2.91. The zero-order chi connectivity index (χ0) is 7.28. The fourth-order valence-electron chi connectivity index (χ4n) is 0.571. The van der Waals surface area contributed by atoms with Crippen molar-refractivity contribution in [2.45, 2.75) is 13.8 Å². The zero-order valence-electron chi connectivity index (χ0n) is 5.65. The fourth-order valence-corrected chi connectivity index (χ4v) is 0.912. The van der Waals surface area contributed by atoms with Crippen LogP contribution in [0, 0.1) is 0 Å². The molecule has 0 unspecified atom stereocenters. The SMILES string of the molecule is CCN(CC)C(=O)NI. The maximum absolute atomic E-state index is 10.8. The van der Waals surface area contributed by atoms with E-state index in [0.717, 1.165) is 13.1 Å². The molecule has 0 bridgehead atoms. The molecule has 0 saturated carbocycles. The third kappa shape index (κ3) is 2.88. The minimum atomic E-state index is -0.0133. The van der Waals surface area contributed by atoms with Gasteiger partial charge in [0.25, 0.3) is 0 Å². The molecule has 0 aliphatic carbocycles. The van der Waals surface area contributed by atoms with Crippen molar-refractivity contribution < 1.29 is 4.79 Å². The van der Waals surface area contributed by atoms with Gasteiger partial charge in [-0.25, -0.2) is 4.79 Å². The average molecular weight is 242 g/mol. The summed E-state index contributed by atoms with van der Waals surface area (Å²) in [6.07, 6.45) is 0. The van der Waals surface area contributed by atoms with Crippen molar-refractivity contribution in [2.75, 3.05) is 13.1 Å². The topological polar surface area (TPSA) is 32.3 Å². The molecule has 0 radical (unpaired) electrons. The van der Waals surface area contributed by atoms with E-state index in [2.05, 4.69) is 3.53 Å². The van der Waals surface area contributed by atoms with Crippen LogP contribution in [-0.4, -0.2) is 24.0 Å². The predicted molar refractivity (Wildman–Crippen MR) is 45.5 cm³/mol. The Morgan fingerprint density at radius 3 is 2.11 bits per heavy atom. The van der Waals surface area contributed by atoms with E-state index >= 15 is 0 Å². The van der Waals surface area contributed by atoms with Crippen LogP contribution in [0.3, 0.4) is 0 Å². The van der Waals surface area contributed by atoms with Gasteiger partial charge in [0.15, 0.2) is 0 Å². The van der Waals surface area contributed by atoms with Gasteiger partial charge < -0.3 is 4.90 Å². The lowest BCUT2D eigenvalue weighted by Gasteiger charge is -2.16. The van der Waals surface area contributed by atoms with Crippen molar-refractivity contribution in [1.82, 2.24) is 8.43 Å². The van der Waals surface area contributed by atoms with E-state index < -0.39 is 0 Å². The van der Waals surface area contributed by atoms with Gasteiger partial charge in [-0.1, -0.05) is 0 Å². The summed E-state index contributed by atoms with van der Waals surface area (Å²) in [4.78, 5) is 12.5. The largest absolute Gasteiger partial charge is 0.326 e. The first-order valence-corrected chi connectivity index (χ1v) is 3.99. The summed E-state index contributed by atoms with van der Waals surface area (Å²) in [5.41, 5.74) is 0. The average Bonchev–Trinajstić information content (AvgIpc) is 1.90. The number of carbonyl (C=O) groups is 1. The van der Waals surface area contributed by atoms with Crippen LogP contribution in [0.2, 0.25) is 0 Å². The van der Waals surface area contributed by atoms with Crippen LogP contribution in [0.1, 0.15) is 13.8 Å². The molecule has 0 heterocycles. The Bertz CT molecular complexity index is 93.0. The molecular weight excluding hydrogens is 231 g/mol. The second-order valence-corrected chi connectivity index (χ2v) is 2.11. The van der Waals surface area contributed by atoms with Crippen molar-refractivity contribution in [3.05, 3.63) is 0 Å². The molecule has 0 saturated heterocycles. The molecule has 2 amide bonds. The van der Waals surface area contributed by atoms with E-state index in [1.807, 2.05) is 36.7 Å². The maximum atomic E-state index is 10.8. The van der Waals surface area contributed by atoms with Crippen LogP contribution in [0.5, 0.6) is 0 Å². The van der Waals surface area contributed by atoms with E-state index in [1.54, 1.807) is 4.90 Å². The molecule has 0 atom stereocenters. The Kier molecular flexibility index (Phi) is 4.84. The molecule has 0 aliphatic heterocycles. The van der Waals surface area contributed by atoms with Crippen LogP contribution in [0.15, 0.2) is 0 Å². The van der Waals surface area contributed by atoms with Gasteiger partial charge >= 0.3 is 6.03 Å². The lowest BCUT2D eigenvalue weighted by Crippen LogP contribution is -2.35. The second kappa shape index (κ2) is 4.84. The fraction of sp³-hybridized carbons (Fsp3) is 0.800. The van der Waals surface area contributed by atoms with Gasteiger partial charge in [-0.3, -0.25) is 3.53 Å². The number of urea groups is 1. The quantitative estimate of drug-likeness (QED) is 0.576. The highest BCUT2D eigenvalue weighted by Crippen LogP contribution is 1.88. The van der Waals surface area contributed by atoms with E-state index in [4.69, 9.17) is 0 Å². The van der Waals surface area contributed by atoms with Crippen LogP contribution in [0.4, 0.5) is 4.79 Å². The molecule has 0 rings (SSSR count). The molecule has 0 fully saturated rings. The minimum absolute atomic E-state index is 0.0133. The standard InChI is InChI=1S/C5H11IN2O/c1-3-8(4-2)5(9)7-6/h3-4H2,1-2H3,(H,7,9). The smallest absolute Gasteiger partial charge is 0.325 e. The van der Waals surface area contributed by atoms with Gasteiger partial charge in [-0.05, 0) is 13.8 Å². The number of amides is 2. The van der Waals surface area contributed by atoms with E-state index in [1.165, 1.54) is 0 Å². The molecular formula is C5H11IN2O. The highest BCUT2D eigenvalue weighted by Gasteiger charge is 2.04. The van der Waals surface area contributed by atoms with Crippen LogP contribution >= 0.6 is 22.9 Å². The van der Waals surface area contributed by atoms with E-state index in [9.17, 15) is 4.79 Å². The molecule has 9 heavy (non-hydrogen) atoms. The van der Waals surface area contributed by atoms with Gasteiger partial charge in [0.2, 0.25) is 0 Å². The third-order valence-electron chi connectivity index (χ3n) is 1.13. The molecule has 0 spiro atoms. The molecule has 0 aromatic rings. The Morgan fingerprint density at radius 1 is 1.56 bits per heavy atom. The number of rotatable bonds is 2. The summed E-state index contributed by atoms with van der Waals surface area (Å²) in [7, 11) is 0. The van der Waals surface area contributed by atoms with Gasteiger partial charge in [0, 0.05) is 13.1 Å². The Morgan fingerprint density at radius 2 is 2.00 bits per heavy atom. The second-order valence-electron chi connectivity index (χ2n) is 1.57. The monoisotopic (exact) mass is 242 g/mol. The summed E-state index contributed by atoms with van der Waals surface area (Å²) in [5, 5.41) is 0. The van der Waals surface area contributed by atoms with Crippen LogP contribution < -0.4 is 3.53 Å². The van der Waals surface area contributed by atoms with Crippen LogP contribution in [-0.2, 0) is 0 Å². The summed E-state index contributed by atoms with van der Waals surface area (Å²) in [6.45, 7) is 5.45. The maximum Gasteiger partial charge on any atom is 0.326 e. The minimum Gasteiger partial charge on any atom is -0.325 e. The van der Waals surface area contributed by atoms with Crippen molar-refractivity contribution in [2.24, 2.45) is 0 Å². The van der Waals surface area contributed by atoms with Gasteiger partial charge in [-0.2, -0.15) is 0 Å². The third-order valence-corrected chi connectivity index (χ3v) is 1.59. The van der Waals surface area contributed by atoms with Gasteiger partial charge in [0.05, 0.1) is 22.9 Å². The van der Waals surface area contributed by atoms with Gasteiger partial charge in [-0.15, -0.1) is 0 Å². The molecule has 0 aromatic carbocycles. The summed E-state index contributed by atoms with van der Waals surface area (Å²) < 4.78 is 2.52. The van der Waals surface area contributed by atoms with Crippen molar-refractivity contribution in [3.63, 3.8) is 0 Å². The highest BCUT2D eigenvalue weighted by molar-refractivity contribution is 14.1. The molecule has 0 aliphatic rings. The number of nitrogens with one attached hydrogen (secondary N) is 1. The normalized spacial score (nSPS) is 8.78.